The quantitative estimate of drug-likeness (QED) is 0.730. The molecule has 0 fully saturated rings. The summed E-state index contributed by atoms with van der Waals surface area (Å²) < 4.78 is 5.45. The van der Waals surface area contributed by atoms with Gasteiger partial charge < -0.3 is 9.52 Å². The van der Waals surface area contributed by atoms with Gasteiger partial charge in [-0.3, -0.25) is 0 Å². The van der Waals surface area contributed by atoms with E-state index >= 15 is 0 Å². The topological polar surface area (TPSA) is 33.4 Å². The summed E-state index contributed by atoms with van der Waals surface area (Å²) in [7, 11) is 0. The number of furan rings is 1. The van der Waals surface area contributed by atoms with Crippen LogP contribution in [0.3, 0.4) is 0 Å². The summed E-state index contributed by atoms with van der Waals surface area (Å²) in [6.45, 7) is 7.80. The van der Waals surface area contributed by atoms with Gasteiger partial charge in [-0.1, -0.05) is 12.5 Å². The highest BCUT2D eigenvalue weighted by Crippen LogP contribution is 2.22. The van der Waals surface area contributed by atoms with Gasteiger partial charge in [0.15, 0.2) is 0 Å². The van der Waals surface area contributed by atoms with Gasteiger partial charge in [-0.2, -0.15) is 0 Å². The summed E-state index contributed by atoms with van der Waals surface area (Å²) in [5, 5.41) is 9.74. The summed E-state index contributed by atoms with van der Waals surface area (Å²) in [6.07, 6.45) is 1.90. The zero-order valence-corrected chi connectivity index (χ0v) is 8.92. The maximum Gasteiger partial charge on any atom is 0.132 e. The Bertz CT molecular complexity index is 299. The first-order chi connectivity index (χ1) is 6.63. The van der Waals surface area contributed by atoms with E-state index in [9.17, 15) is 5.11 Å². The lowest BCUT2D eigenvalue weighted by Crippen LogP contribution is -1.95. The third kappa shape index (κ3) is 3.04. The van der Waals surface area contributed by atoms with Crippen LogP contribution >= 0.6 is 0 Å². The van der Waals surface area contributed by atoms with Crippen LogP contribution in [-0.2, 0) is 6.42 Å². The maximum atomic E-state index is 9.74. The summed E-state index contributed by atoms with van der Waals surface area (Å²) in [4.78, 5) is 0. The molecule has 1 atom stereocenters. The number of rotatable bonds is 5. The molecule has 1 N–H and O–H groups in total. The Morgan fingerprint density at radius 1 is 1.57 bits per heavy atom. The van der Waals surface area contributed by atoms with E-state index < -0.39 is 6.10 Å². The number of hydrogen-bond donors (Lipinski definition) is 1. The molecule has 0 aliphatic rings. The van der Waals surface area contributed by atoms with Crippen molar-refractivity contribution in [2.45, 2.75) is 39.2 Å². The van der Waals surface area contributed by atoms with Gasteiger partial charge in [-0.05, 0) is 31.9 Å². The second-order valence-electron chi connectivity index (χ2n) is 3.67. The number of hydrogen-bond acceptors (Lipinski definition) is 2. The van der Waals surface area contributed by atoms with Gasteiger partial charge in [0.2, 0.25) is 0 Å². The fourth-order valence-corrected chi connectivity index (χ4v) is 1.29. The predicted molar refractivity (Wildman–Crippen MR) is 57.1 cm³/mol. The fraction of sp³-hybridized carbons (Fsp3) is 0.500. The summed E-state index contributed by atoms with van der Waals surface area (Å²) >= 11 is 0. The van der Waals surface area contributed by atoms with Crippen LogP contribution in [0.4, 0.5) is 0 Å². The molecule has 0 aromatic carbocycles. The molecule has 0 amide bonds. The van der Waals surface area contributed by atoms with E-state index in [-0.39, 0.29) is 0 Å². The summed E-state index contributed by atoms with van der Waals surface area (Å²) in [5.41, 5.74) is 1.09. The van der Waals surface area contributed by atoms with Crippen LogP contribution in [0, 0.1) is 0 Å². The van der Waals surface area contributed by atoms with Crippen molar-refractivity contribution >= 4 is 0 Å². The van der Waals surface area contributed by atoms with Gasteiger partial charge in [0.1, 0.15) is 17.6 Å². The van der Waals surface area contributed by atoms with Crippen LogP contribution in [0.5, 0.6) is 0 Å². The van der Waals surface area contributed by atoms with Crippen LogP contribution in [0.25, 0.3) is 0 Å². The molecule has 0 aliphatic heterocycles. The third-order valence-corrected chi connectivity index (χ3v) is 2.20. The fourth-order valence-electron chi connectivity index (χ4n) is 1.29. The van der Waals surface area contributed by atoms with Crippen molar-refractivity contribution in [2.24, 2.45) is 0 Å². The van der Waals surface area contributed by atoms with Crippen molar-refractivity contribution in [3.8, 4) is 0 Å². The highest BCUT2D eigenvalue weighted by Gasteiger charge is 2.11. The Kier molecular flexibility index (Phi) is 3.96. The highest BCUT2D eigenvalue weighted by atomic mass is 16.4. The monoisotopic (exact) mass is 194 g/mol. The second-order valence-corrected chi connectivity index (χ2v) is 3.67. The van der Waals surface area contributed by atoms with Crippen molar-refractivity contribution in [3.63, 3.8) is 0 Å². The van der Waals surface area contributed by atoms with Crippen molar-refractivity contribution < 1.29 is 9.52 Å². The molecular weight excluding hydrogens is 176 g/mol. The first-order valence-corrected chi connectivity index (χ1v) is 5.04. The molecule has 1 aromatic rings. The van der Waals surface area contributed by atoms with Crippen molar-refractivity contribution in [1.82, 2.24) is 0 Å². The third-order valence-electron chi connectivity index (χ3n) is 2.20. The van der Waals surface area contributed by atoms with Gasteiger partial charge in [0, 0.05) is 6.42 Å². The van der Waals surface area contributed by atoms with E-state index in [1.807, 2.05) is 26.0 Å². The summed E-state index contributed by atoms with van der Waals surface area (Å²) in [5.74, 6) is 1.59. The number of aliphatic hydroxyl groups excluding tert-OH is 1. The first-order valence-electron chi connectivity index (χ1n) is 5.04. The zero-order valence-electron chi connectivity index (χ0n) is 8.92. The smallest absolute Gasteiger partial charge is 0.132 e. The molecule has 1 rings (SSSR count). The molecule has 1 heterocycles. The molecule has 0 saturated heterocycles. The van der Waals surface area contributed by atoms with E-state index in [0.717, 1.165) is 24.2 Å². The molecule has 0 radical (unpaired) electrons. The molecule has 14 heavy (non-hydrogen) atoms. The summed E-state index contributed by atoms with van der Waals surface area (Å²) in [6, 6.07) is 3.77. The molecule has 0 aliphatic carbocycles. The minimum absolute atomic E-state index is 0.494. The molecular formula is C12H18O2. The molecule has 1 aromatic heterocycles. The van der Waals surface area contributed by atoms with E-state index in [1.165, 1.54) is 0 Å². The van der Waals surface area contributed by atoms with Crippen LogP contribution in [0.2, 0.25) is 0 Å². The Labute approximate surface area is 85.2 Å². The Balaban J connectivity index is 2.51. The zero-order chi connectivity index (χ0) is 10.6. The van der Waals surface area contributed by atoms with Crippen molar-refractivity contribution in [1.29, 1.82) is 0 Å². The van der Waals surface area contributed by atoms with Crippen LogP contribution in [0.1, 0.15) is 44.3 Å². The van der Waals surface area contributed by atoms with Crippen molar-refractivity contribution in [2.75, 3.05) is 0 Å². The number of aliphatic hydroxyl groups is 1. The van der Waals surface area contributed by atoms with Gasteiger partial charge >= 0.3 is 0 Å². The maximum absolute atomic E-state index is 9.74. The lowest BCUT2D eigenvalue weighted by Gasteiger charge is -2.06. The largest absolute Gasteiger partial charge is 0.463 e. The Morgan fingerprint density at radius 3 is 2.79 bits per heavy atom. The number of allylic oxidation sites excluding steroid dienone is 1. The molecule has 0 saturated carbocycles. The van der Waals surface area contributed by atoms with Crippen LogP contribution in [0.15, 0.2) is 28.7 Å². The average Bonchev–Trinajstić information content (AvgIpc) is 2.62. The van der Waals surface area contributed by atoms with E-state index in [0.29, 0.717) is 12.2 Å². The Hall–Kier alpha value is -1.02. The van der Waals surface area contributed by atoms with Gasteiger partial charge in [0.05, 0.1) is 0 Å². The molecule has 1 unspecified atom stereocenters. The lowest BCUT2D eigenvalue weighted by molar-refractivity contribution is 0.139. The second kappa shape index (κ2) is 5.01. The molecule has 2 heteroatoms. The van der Waals surface area contributed by atoms with Crippen molar-refractivity contribution in [3.05, 3.63) is 35.8 Å². The highest BCUT2D eigenvalue weighted by molar-refractivity contribution is 5.09. The van der Waals surface area contributed by atoms with Crippen LogP contribution < -0.4 is 0 Å². The van der Waals surface area contributed by atoms with Crippen LogP contribution in [-0.4, -0.2) is 5.11 Å². The normalized spacial score (nSPS) is 12.8. The first kappa shape index (κ1) is 11.1. The van der Waals surface area contributed by atoms with Gasteiger partial charge in [-0.15, -0.1) is 6.58 Å². The molecule has 0 spiro atoms. The standard InChI is InChI=1S/C12H18O2/c1-4-10-6-8-12(14-10)11(13)7-5-9(2)3/h6,8,11,13H,2,4-5,7H2,1,3H3. The Morgan fingerprint density at radius 2 is 2.29 bits per heavy atom. The van der Waals surface area contributed by atoms with E-state index in [4.69, 9.17) is 4.42 Å². The predicted octanol–water partition coefficient (Wildman–Crippen LogP) is 3.23. The number of aryl methyl sites for hydroxylation is 1. The average molecular weight is 194 g/mol. The van der Waals surface area contributed by atoms with Gasteiger partial charge in [-0.25, -0.2) is 0 Å². The molecule has 78 valence electrons. The minimum Gasteiger partial charge on any atom is -0.463 e. The van der Waals surface area contributed by atoms with E-state index in [1.54, 1.807) is 0 Å². The molecule has 2 nitrogen and oxygen atoms in total. The molecule has 0 bridgehead atoms. The minimum atomic E-state index is -0.494. The lowest BCUT2D eigenvalue weighted by atomic mass is 10.1. The van der Waals surface area contributed by atoms with Gasteiger partial charge in [0.25, 0.3) is 0 Å². The van der Waals surface area contributed by atoms with E-state index in [2.05, 4.69) is 6.58 Å². The SMILES string of the molecule is C=C(C)CCC(O)c1ccc(CC)o1.